The number of ether oxygens (including phenoxy) is 1. The molecule has 0 saturated carbocycles. The predicted octanol–water partition coefficient (Wildman–Crippen LogP) is -0.283. The number of fused-ring (bicyclic) bond motifs is 2. The van der Waals surface area contributed by atoms with Gasteiger partial charge < -0.3 is 19.3 Å². The molecular weight excluding hydrogens is 236 g/mol. The second-order valence-corrected chi connectivity index (χ2v) is 4.72. The molecule has 0 bridgehead atoms. The Bertz CT molecular complexity index is 578. The summed E-state index contributed by atoms with van der Waals surface area (Å²) in [5, 5.41) is 9.87. The summed E-state index contributed by atoms with van der Waals surface area (Å²) in [4.78, 5) is 25.6. The van der Waals surface area contributed by atoms with Crippen molar-refractivity contribution in [1.29, 1.82) is 0 Å². The van der Waals surface area contributed by atoms with E-state index in [1.165, 1.54) is 0 Å². The average molecular weight is 250 g/mol. The molecule has 0 unspecified atom stereocenters. The molecule has 2 aliphatic heterocycles. The van der Waals surface area contributed by atoms with Gasteiger partial charge in [-0.25, -0.2) is 0 Å². The Kier molecular flexibility index (Phi) is 2.41. The highest BCUT2D eigenvalue weighted by Crippen LogP contribution is 2.24. The summed E-state index contributed by atoms with van der Waals surface area (Å²) in [6.07, 6.45) is 1.63. The highest BCUT2D eigenvalue weighted by atomic mass is 16.5. The molecule has 1 amide bonds. The van der Waals surface area contributed by atoms with Gasteiger partial charge in [0, 0.05) is 24.8 Å². The summed E-state index contributed by atoms with van der Waals surface area (Å²) in [5.41, 5.74) is 0.0688. The fraction of sp³-hybridized carbons (Fsp3) is 0.500. The molecule has 1 aromatic rings. The number of aromatic nitrogens is 1. The number of hydrogen-bond donors (Lipinski definition) is 1. The van der Waals surface area contributed by atoms with Crippen LogP contribution in [0, 0.1) is 6.92 Å². The Labute approximate surface area is 103 Å². The number of amides is 1. The zero-order valence-corrected chi connectivity index (χ0v) is 10.0. The van der Waals surface area contributed by atoms with Crippen LogP contribution in [0.1, 0.15) is 16.1 Å². The third kappa shape index (κ3) is 1.45. The Morgan fingerprint density at radius 1 is 1.44 bits per heavy atom. The van der Waals surface area contributed by atoms with E-state index < -0.39 is 11.2 Å². The molecule has 3 rings (SSSR count). The summed E-state index contributed by atoms with van der Waals surface area (Å²) < 4.78 is 7.01. The van der Waals surface area contributed by atoms with Gasteiger partial charge in [0.25, 0.3) is 5.91 Å². The SMILES string of the molecule is Cc1cn2c(c(O)c1=O)C(=O)N1CCOC[C@@H]1C2. The molecule has 1 fully saturated rings. The fourth-order valence-electron chi connectivity index (χ4n) is 2.59. The molecule has 0 aliphatic carbocycles. The first kappa shape index (κ1) is 11.3. The minimum absolute atomic E-state index is 0.0138. The molecule has 0 spiro atoms. The van der Waals surface area contributed by atoms with Crippen molar-refractivity contribution in [2.24, 2.45) is 0 Å². The van der Waals surface area contributed by atoms with Crippen LogP contribution in [0.25, 0.3) is 0 Å². The van der Waals surface area contributed by atoms with Crippen molar-refractivity contribution in [3.63, 3.8) is 0 Å². The van der Waals surface area contributed by atoms with E-state index in [0.29, 0.717) is 31.9 Å². The van der Waals surface area contributed by atoms with Gasteiger partial charge in [-0.1, -0.05) is 0 Å². The van der Waals surface area contributed by atoms with Crippen molar-refractivity contribution in [3.05, 3.63) is 27.7 Å². The van der Waals surface area contributed by atoms with E-state index in [1.54, 1.807) is 22.6 Å². The highest BCUT2D eigenvalue weighted by Gasteiger charge is 2.36. The number of carbonyl (C=O) groups excluding carboxylic acids is 1. The first-order valence-corrected chi connectivity index (χ1v) is 5.91. The van der Waals surface area contributed by atoms with Crippen LogP contribution in [-0.4, -0.2) is 46.3 Å². The summed E-state index contributed by atoms with van der Waals surface area (Å²) in [6, 6.07) is -0.0138. The second kappa shape index (κ2) is 3.84. The smallest absolute Gasteiger partial charge is 0.274 e. The molecule has 3 heterocycles. The normalized spacial score (nSPS) is 22.6. The van der Waals surface area contributed by atoms with Crippen molar-refractivity contribution in [1.82, 2.24) is 9.47 Å². The molecule has 6 nitrogen and oxygen atoms in total. The van der Waals surface area contributed by atoms with Crippen LogP contribution in [-0.2, 0) is 11.3 Å². The van der Waals surface area contributed by atoms with Crippen LogP contribution in [0.2, 0.25) is 0 Å². The monoisotopic (exact) mass is 250 g/mol. The molecule has 6 heteroatoms. The molecule has 2 aliphatic rings. The van der Waals surface area contributed by atoms with Gasteiger partial charge in [-0.05, 0) is 6.92 Å². The second-order valence-electron chi connectivity index (χ2n) is 4.72. The minimum atomic E-state index is -0.471. The lowest BCUT2D eigenvalue weighted by Gasteiger charge is -2.40. The van der Waals surface area contributed by atoms with Crippen LogP contribution < -0.4 is 5.43 Å². The topological polar surface area (TPSA) is 71.8 Å². The van der Waals surface area contributed by atoms with Crippen LogP contribution in [0.3, 0.4) is 0 Å². The van der Waals surface area contributed by atoms with E-state index in [2.05, 4.69) is 0 Å². The van der Waals surface area contributed by atoms with Crippen molar-refractivity contribution >= 4 is 5.91 Å². The first-order chi connectivity index (χ1) is 8.59. The summed E-state index contributed by atoms with van der Waals surface area (Å²) in [5.74, 6) is -0.728. The van der Waals surface area contributed by atoms with Crippen molar-refractivity contribution in [2.45, 2.75) is 19.5 Å². The quantitative estimate of drug-likeness (QED) is 0.687. The van der Waals surface area contributed by atoms with Crippen LogP contribution >= 0.6 is 0 Å². The Morgan fingerprint density at radius 2 is 2.22 bits per heavy atom. The number of aryl methyl sites for hydroxylation is 1. The third-order valence-electron chi connectivity index (χ3n) is 3.53. The van der Waals surface area contributed by atoms with Crippen molar-refractivity contribution in [2.75, 3.05) is 19.8 Å². The van der Waals surface area contributed by atoms with Gasteiger partial charge in [-0.3, -0.25) is 9.59 Å². The molecule has 1 N–H and O–H groups in total. The van der Waals surface area contributed by atoms with Gasteiger partial charge in [-0.15, -0.1) is 0 Å². The van der Waals surface area contributed by atoms with Gasteiger partial charge in [0.05, 0.1) is 19.3 Å². The standard InChI is InChI=1S/C12H14N2O4/c1-7-4-13-5-8-6-18-3-2-14(8)12(17)9(13)11(16)10(7)15/h4,8,16H,2-3,5-6H2,1H3/t8-/m0/s1. The van der Waals surface area contributed by atoms with Gasteiger partial charge in [0.15, 0.2) is 11.4 Å². The van der Waals surface area contributed by atoms with Gasteiger partial charge in [-0.2, -0.15) is 0 Å². The fourth-order valence-corrected chi connectivity index (χ4v) is 2.59. The van der Waals surface area contributed by atoms with Crippen LogP contribution in [0.5, 0.6) is 5.75 Å². The molecule has 96 valence electrons. The van der Waals surface area contributed by atoms with Gasteiger partial charge in [0.2, 0.25) is 5.43 Å². The maximum atomic E-state index is 12.3. The van der Waals surface area contributed by atoms with Crippen LogP contribution in [0.15, 0.2) is 11.0 Å². The predicted molar refractivity (Wildman–Crippen MR) is 62.7 cm³/mol. The van der Waals surface area contributed by atoms with E-state index in [4.69, 9.17) is 4.74 Å². The average Bonchev–Trinajstić information content (AvgIpc) is 2.36. The lowest BCUT2D eigenvalue weighted by molar-refractivity contribution is -0.0140. The zero-order valence-electron chi connectivity index (χ0n) is 10.0. The maximum Gasteiger partial charge on any atom is 0.274 e. The zero-order chi connectivity index (χ0) is 12.9. The third-order valence-corrected chi connectivity index (χ3v) is 3.53. The molecule has 1 saturated heterocycles. The maximum absolute atomic E-state index is 12.3. The molecule has 18 heavy (non-hydrogen) atoms. The van der Waals surface area contributed by atoms with Crippen LogP contribution in [0.4, 0.5) is 0 Å². The molecule has 1 aromatic heterocycles. The first-order valence-electron chi connectivity index (χ1n) is 5.91. The van der Waals surface area contributed by atoms with Crippen molar-refractivity contribution in [3.8, 4) is 5.75 Å². The number of nitrogens with zero attached hydrogens (tertiary/aromatic N) is 2. The number of rotatable bonds is 0. The molecule has 0 aromatic carbocycles. The molecule has 0 radical (unpaired) electrons. The van der Waals surface area contributed by atoms with E-state index in [0.717, 1.165) is 0 Å². The number of carbonyl (C=O) groups is 1. The lowest BCUT2D eigenvalue weighted by Crippen LogP contribution is -2.54. The molecule has 1 atom stereocenters. The number of aromatic hydroxyl groups is 1. The van der Waals surface area contributed by atoms with E-state index in [1.807, 2.05) is 0 Å². The lowest BCUT2D eigenvalue weighted by atomic mass is 10.1. The van der Waals surface area contributed by atoms with Crippen molar-refractivity contribution < 1.29 is 14.6 Å². The van der Waals surface area contributed by atoms with E-state index in [-0.39, 0.29) is 17.6 Å². The van der Waals surface area contributed by atoms with Gasteiger partial charge >= 0.3 is 0 Å². The van der Waals surface area contributed by atoms with E-state index in [9.17, 15) is 14.7 Å². The summed E-state index contributed by atoms with van der Waals surface area (Å²) >= 11 is 0. The summed E-state index contributed by atoms with van der Waals surface area (Å²) in [7, 11) is 0. The Balaban J connectivity index is 2.16. The minimum Gasteiger partial charge on any atom is -0.503 e. The Morgan fingerprint density at radius 3 is 3.00 bits per heavy atom. The highest BCUT2D eigenvalue weighted by molar-refractivity contribution is 5.96. The largest absolute Gasteiger partial charge is 0.503 e. The molecular formula is C12H14N2O4. The van der Waals surface area contributed by atoms with E-state index >= 15 is 0 Å². The number of morpholine rings is 1. The Hall–Kier alpha value is -1.82. The summed E-state index contributed by atoms with van der Waals surface area (Å²) in [6.45, 7) is 3.68. The number of pyridine rings is 1. The van der Waals surface area contributed by atoms with Gasteiger partial charge in [0.1, 0.15) is 0 Å². The number of hydrogen-bond acceptors (Lipinski definition) is 4.